The number of benzene rings is 1. The van der Waals surface area contributed by atoms with Crippen LogP contribution in [0.5, 0.6) is 0 Å². The van der Waals surface area contributed by atoms with Gasteiger partial charge in [-0.2, -0.15) is 0 Å². The van der Waals surface area contributed by atoms with Gasteiger partial charge in [0.25, 0.3) is 5.91 Å². The van der Waals surface area contributed by atoms with Crippen molar-refractivity contribution < 1.29 is 14.7 Å². The van der Waals surface area contributed by atoms with Crippen LogP contribution in [0.1, 0.15) is 50.5 Å². The Morgan fingerprint density at radius 1 is 1.08 bits per heavy atom. The van der Waals surface area contributed by atoms with E-state index in [-0.39, 0.29) is 17.9 Å². The van der Waals surface area contributed by atoms with Gasteiger partial charge in [-0.1, -0.05) is 49.6 Å². The van der Waals surface area contributed by atoms with Crippen LogP contribution < -0.4 is 5.32 Å². The molecule has 0 radical (unpaired) electrons. The lowest BCUT2D eigenvalue weighted by Gasteiger charge is -2.29. The molecule has 0 aromatic heterocycles. The maximum absolute atomic E-state index is 12.5. The summed E-state index contributed by atoms with van der Waals surface area (Å²) in [6.07, 6.45) is 9.02. The molecule has 1 aliphatic carbocycles. The van der Waals surface area contributed by atoms with Crippen molar-refractivity contribution in [3.05, 3.63) is 42.0 Å². The zero-order chi connectivity index (χ0) is 18.4. The first kappa shape index (κ1) is 18.6. The lowest BCUT2D eigenvalue weighted by Crippen LogP contribution is -2.51. The second-order valence-electron chi connectivity index (χ2n) is 7.27. The molecule has 5 heteroatoms. The van der Waals surface area contributed by atoms with Crippen molar-refractivity contribution in [2.45, 2.75) is 63.1 Å². The molecule has 0 bridgehead atoms. The molecule has 140 valence electrons. The van der Waals surface area contributed by atoms with Gasteiger partial charge in [0, 0.05) is 18.7 Å². The third kappa shape index (κ3) is 4.73. The van der Waals surface area contributed by atoms with Gasteiger partial charge in [-0.25, -0.2) is 0 Å². The first-order valence-electron chi connectivity index (χ1n) is 9.67. The molecule has 2 fully saturated rings. The van der Waals surface area contributed by atoms with E-state index in [2.05, 4.69) is 5.32 Å². The number of likely N-dealkylation sites (tertiary alicyclic amines) is 1. The fraction of sp³-hybridized carbons (Fsp3) is 0.524. The summed E-state index contributed by atoms with van der Waals surface area (Å²) in [5.41, 5.74) is 0.951. The van der Waals surface area contributed by atoms with Gasteiger partial charge in [-0.15, -0.1) is 0 Å². The van der Waals surface area contributed by atoms with Crippen molar-refractivity contribution in [3.63, 3.8) is 0 Å². The zero-order valence-electron chi connectivity index (χ0n) is 15.1. The van der Waals surface area contributed by atoms with Crippen molar-refractivity contribution in [2.75, 3.05) is 6.54 Å². The number of nitrogens with one attached hydrogen (secondary N) is 1. The van der Waals surface area contributed by atoms with Gasteiger partial charge in [0.1, 0.15) is 0 Å². The first-order valence-corrected chi connectivity index (χ1v) is 9.67. The number of hydrogen-bond donors (Lipinski definition) is 2. The quantitative estimate of drug-likeness (QED) is 0.797. The molecule has 0 spiro atoms. The molecule has 5 nitrogen and oxygen atoms in total. The van der Waals surface area contributed by atoms with Gasteiger partial charge >= 0.3 is 0 Å². The Bertz CT molecular complexity index is 638. The van der Waals surface area contributed by atoms with Crippen LogP contribution in [0.3, 0.4) is 0 Å². The molecule has 1 aromatic rings. The molecular weight excluding hydrogens is 328 g/mol. The van der Waals surface area contributed by atoms with E-state index >= 15 is 0 Å². The van der Waals surface area contributed by atoms with Crippen LogP contribution in [-0.4, -0.2) is 46.6 Å². The summed E-state index contributed by atoms with van der Waals surface area (Å²) in [6, 6.07) is 9.34. The average Bonchev–Trinajstić information content (AvgIpc) is 3.17. The predicted molar refractivity (Wildman–Crippen MR) is 101 cm³/mol. The number of aliphatic hydroxyl groups excluding tert-OH is 1. The first-order chi connectivity index (χ1) is 12.6. The molecule has 1 saturated carbocycles. The van der Waals surface area contributed by atoms with Crippen molar-refractivity contribution >= 4 is 17.9 Å². The minimum Gasteiger partial charge on any atom is -0.381 e. The van der Waals surface area contributed by atoms with Gasteiger partial charge in [0.05, 0.1) is 6.04 Å². The molecule has 1 saturated heterocycles. The fourth-order valence-electron chi connectivity index (χ4n) is 3.93. The van der Waals surface area contributed by atoms with Crippen LogP contribution in [-0.2, 0) is 9.59 Å². The maximum Gasteiger partial charge on any atom is 0.251 e. The van der Waals surface area contributed by atoms with E-state index in [1.807, 2.05) is 30.3 Å². The molecule has 2 aliphatic rings. The molecule has 26 heavy (non-hydrogen) atoms. The maximum atomic E-state index is 12.5. The largest absolute Gasteiger partial charge is 0.381 e. The minimum absolute atomic E-state index is 0.152. The summed E-state index contributed by atoms with van der Waals surface area (Å²) < 4.78 is 0. The molecule has 1 heterocycles. The van der Waals surface area contributed by atoms with E-state index < -0.39 is 12.1 Å². The smallest absolute Gasteiger partial charge is 0.251 e. The van der Waals surface area contributed by atoms with E-state index in [1.54, 1.807) is 11.0 Å². The number of hydrogen-bond acceptors (Lipinski definition) is 3. The predicted octanol–water partition coefficient (Wildman–Crippen LogP) is 2.50. The molecule has 1 aliphatic heterocycles. The van der Waals surface area contributed by atoms with E-state index in [1.165, 1.54) is 12.5 Å². The van der Waals surface area contributed by atoms with Gasteiger partial charge in [-0.05, 0) is 37.3 Å². The lowest BCUT2D eigenvalue weighted by molar-refractivity contribution is -0.137. The SMILES string of the molecule is O=C(NC1CCCCC1)C(O)[C@@H]1CCCN1C(=O)/C=C/c1ccccc1. The third-order valence-electron chi connectivity index (χ3n) is 5.38. The third-order valence-corrected chi connectivity index (χ3v) is 5.38. The van der Waals surface area contributed by atoms with E-state index in [4.69, 9.17) is 0 Å². The summed E-state index contributed by atoms with van der Waals surface area (Å²) >= 11 is 0. The normalized spacial score (nSPS) is 22.5. The summed E-state index contributed by atoms with van der Waals surface area (Å²) in [5.74, 6) is -0.491. The van der Waals surface area contributed by atoms with E-state index in [9.17, 15) is 14.7 Å². The van der Waals surface area contributed by atoms with Crippen molar-refractivity contribution in [1.82, 2.24) is 10.2 Å². The second-order valence-corrected chi connectivity index (χ2v) is 7.27. The molecule has 3 rings (SSSR count). The van der Waals surface area contributed by atoms with Gasteiger partial charge in [0.2, 0.25) is 5.91 Å². The number of nitrogens with zero attached hydrogens (tertiary/aromatic N) is 1. The topological polar surface area (TPSA) is 69.6 Å². The molecule has 2 amide bonds. The summed E-state index contributed by atoms with van der Waals surface area (Å²) in [6.45, 7) is 0.580. The highest BCUT2D eigenvalue weighted by atomic mass is 16.3. The number of aliphatic hydroxyl groups is 1. The highest BCUT2D eigenvalue weighted by Gasteiger charge is 2.37. The highest BCUT2D eigenvalue weighted by Crippen LogP contribution is 2.22. The average molecular weight is 356 g/mol. The second kappa shape index (κ2) is 8.99. The van der Waals surface area contributed by atoms with E-state index in [0.717, 1.165) is 37.7 Å². The van der Waals surface area contributed by atoms with Gasteiger partial charge < -0.3 is 15.3 Å². The zero-order valence-corrected chi connectivity index (χ0v) is 15.1. The Kier molecular flexibility index (Phi) is 6.45. The van der Waals surface area contributed by atoms with Crippen LogP contribution in [0.15, 0.2) is 36.4 Å². The number of carbonyl (C=O) groups is 2. The standard InChI is InChI=1S/C21H28N2O3/c24-19(14-13-16-8-3-1-4-9-16)23-15-7-12-18(23)20(25)21(26)22-17-10-5-2-6-11-17/h1,3-4,8-9,13-14,17-18,20,25H,2,5-7,10-12,15H2,(H,22,26)/b14-13+/t18-,20?/m0/s1. The van der Waals surface area contributed by atoms with Crippen molar-refractivity contribution in [3.8, 4) is 0 Å². The Morgan fingerprint density at radius 2 is 1.81 bits per heavy atom. The van der Waals surface area contributed by atoms with Crippen molar-refractivity contribution in [2.24, 2.45) is 0 Å². The highest BCUT2D eigenvalue weighted by molar-refractivity contribution is 5.93. The number of rotatable bonds is 5. The Hall–Kier alpha value is -2.14. The molecule has 1 unspecified atom stereocenters. The Balaban J connectivity index is 1.58. The van der Waals surface area contributed by atoms with Crippen LogP contribution in [0.2, 0.25) is 0 Å². The Morgan fingerprint density at radius 3 is 2.54 bits per heavy atom. The summed E-state index contributed by atoms with van der Waals surface area (Å²) in [4.78, 5) is 26.6. The monoisotopic (exact) mass is 356 g/mol. The molecule has 2 N–H and O–H groups in total. The Labute approximate surface area is 155 Å². The van der Waals surface area contributed by atoms with Crippen LogP contribution >= 0.6 is 0 Å². The molecule has 2 atom stereocenters. The molecule has 1 aromatic carbocycles. The molecular formula is C21H28N2O3. The van der Waals surface area contributed by atoms with Crippen molar-refractivity contribution in [1.29, 1.82) is 0 Å². The summed E-state index contributed by atoms with van der Waals surface area (Å²) in [5, 5.41) is 13.5. The summed E-state index contributed by atoms with van der Waals surface area (Å²) in [7, 11) is 0. The van der Waals surface area contributed by atoms with Crippen LogP contribution in [0.4, 0.5) is 0 Å². The minimum atomic E-state index is -1.16. The van der Waals surface area contributed by atoms with E-state index in [0.29, 0.717) is 13.0 Å². The van der Waals surface area contributed by atoms with Crippen LogP contribution in [0.25, 0.3) is 6.08 Å². The van der Waals surface area contributed by atoms with Gasteiger partial charge in [0.15, 0.2) is 6.10 Å². The fourth-order valence-corrected chi connectivity index (χ4v) is 3.93. The number of amides is 2. The van der Waals surface area contributed by atoms with Crippen LogP contribution in [0, 0.1) is 0 Å². The number of carbonyl (C=O) groups excluding carboxylic acids is 2. The van der Waals surface area contributed by atoms with Gasteiger partial charge in [-0.3, -0.25) is 9.59 Å². The lowest BCUT2D eigenvalue weighted by atomic mass is 9.95.